The molecule has 4 nitrogen and oxygen atoms in total. The fourth-order valence-electron chi connectivity index (χ4n) is 1.54. The smallest absolute Gasteiger partial charge is 0.407 e. The molecule has 2 N–H and O–H groups in total. The topological polar surface area (TPSA) is 58.6 Å². The number of alkyl carbamates (subject to hydrolysis) is 1. The number of unbranched alkanes of at least 4 members (excludes halogenated alkanes) is 1. The van der Waals surface area contributed by atoms with Gasteiger partial charge in [-0.3, -0.25) is 0 Å². The van der Waals surface area contributed by atoms with E-state index in [1.54, 1.807) is 6.92 Å². The van der Waals surface area contributed by atoms with E-state index in [9.17, 15) is 4.79 Å². The highest BCUT2D eigenvalue weighted by molar-refractivity contribution is 5.67. The summed E-state index contributed by atoms with van der Waals surface area (Å²) in [6.07, 6.45) is 7.63. The van der Waals surface area contributed by atoms with E-state index in [2.05, 4.69) is 31.3 Å². The number of hydrogen-bond acceptors (Lipinski definition) is 3. The molecular weight excluding hydrogens is 230 g/mol. The summed E-state index contributed by atoms with van der Waals surface area (Å²) in [6.45, 7) is 6.62. The number of hydrogen-bond donors (Lipinski definition) is 2. The third-order valence-corrected chi connectivity index (χ3v) is 2.48. The summed E-state index contributed by atoms with van der Waals surface area (Å²) in [5, 5.41) is 11.6. The molecule has 18 heavy (non-hydrogen) atoms. The molecule has 0 aliphatic rings. The second-order valence-corrected chi connectivity index (χ2v) is 4.71. The number of carbonyl (C=O) groups is 1. The lowest BCUT2D eigenvalue weighted by molar-refractivity contribution is 0.0781. The summed E-state index contributed by atoms with van der Waals surface area (Å²) < 4.78 is 4.76. The van der Waals surface area contributed by atoms with E-state index in [4.69, 9.17) is 9.84 Å². The van der Waals surface area contributed by atoms with Crippen molar-refractivity contribution in [3.63, 3.8) is 0 Å². The first-order chi connectivity index (χ1) is 8.56. The van der Waals surface area contributed by atoms with Crippen molar-refractivity contribution < 1.29 is 14.6 Å². The van der Waals surface area contributed by atoms with Crippen molar-refractivity contribution in [1.82, 2.24) is 5.32 Å². The number of amides is 1. The maximum absolute atomic E-state index is 11.1. The average molecular weight is 257 g/mol. The predicted molar refractivity (Wildman–Crippen MR) is 73.5 cm³/mol. The fraction of sp³-hybridized carbons (Fsp3) is 0.786. The monoisotopic (exact) mass is 257 g/mol. The number of aliphatic hydroxyl groups is 1. The standard InChI is InChI=1S/C14H27NO3/c1-4-8-12(2)9-6-5-7-10-15-14(17)18-11-13(3)16/h6,9,12-13,16H,4-5,7-8,10-11H2,1-3H3,(H,15,17). The van der Waals surface area contributed by atoms with E-state index in [0.29, 0.717) is 12.5 Å². The Hall–Kier alpha value is -1.03. The van der Waals surface area contributed by atoms with Crippen LogP contribution in [0.25, 0.3) is 0 Å². The zero-order chi connectivity index (χ0) is 13.8. The highest BCUT2D eigenvalue weighted by atomic mass is 16.6. The van der Waals surface area contributed by atoms with Crippen molar-refractivity contribution in [3.8, 4) is 0 Å². The summed E-state index contributed by atoms with van der Waals surface area (Å²) in [5.41, 5.74) is 0. The number of nitrogens with one attached hydrogen (secondary N) is 1. The van der Waals surface area contributed by atoms with Gasteiger partial charge in [0, 0.05) is 6.54 Å². The summed E-state index contributed by atoms with van der Waals surface area (Å²) in [5.74, 6) is 0.638. The second kappa shape index (κ2) is 11.1. The maximum atomic E-state index is 11.1. The quantitative estimate of drug-likeness (QED) is 0.493. The van der Waals surface area contributed by atoms with Crippen LogP contribution in [-0.4, -0.2) is 30.5 Å². The van der Waals surface area contributed by atoms with Gasteiger partial charge >= 0.3 is 6.09 Å². The third-order valence-electron chi connectivity index (χ3n) is 2.48. The molecule has 0 bridgehead atoms. The third kappa shape index (κ3) is 11.5. The molecule has 0 spiro atoms. The predicted octanol–water partition coefficient (Wildman–Crippen LogP) is 2.87. The van der Waals surface area contributed by atoms with Crippen molar-refractivity contribution in [2.45, 2.75) is 52.6 Å². The van der Waals surface area contributed by atoms with Crippen molar-refractivity contribution in [2.24, 2.45) is 5.92 Å². The number of carbonyl (C=O) groups excluding carboxylic acids is 1. The minimum absolute atomic E-state index is 0.0419. The van der Waals surface area contributed by atoms with Gasteiger partial charge in [0.2, 0.25) is 0 Å². The Bertz CT molecular complexity index is 239. The molecule has 0 rings (SSSR count). The van der Waals surface area contributed by atoms with Gasteiger partial charge < -0.3 is 15.2 Å². The van der Waals surface area contributed by atoms with Crippen LogP contribution in [0, 0.1) is 5.92 Å². The zero-order valence-corrected chi connectivity index (χ0v) is 11.8. The molecule has 0 aliphatic heterocycles. The Morgan fingerprint density at radius 3 is 2.78 bits per heavy atom. The number of allylic oxidation sites excluding steroid dienone is 2. The van der Waals surface area contributed by atoms with Crippen molar-refractivity contribution >= 4 is 6.09 Å². The molecule has 0 aliphatic carbocycles. The molecule has 0 saturated heterocycles. The minimum atomic E-state index is -0.612. The van der Waals surface area contributed by atoms with Crippen LogP contribution in [-0.2, 0) is 4.74 Å². The lowest BCUT2D eigenvalue weighted by Gasteiger charge is -2.07. The van der Waals surface area contributed by atoms with E-state index in [-0.39, 0.29) is 6.61 Å². The molecule has 0 heterocycles. The Kier molecular flexibility index (Phi) is 10.4. The molecule has 0 aromatic rings. The van der Waals surface area contributed by atoms with E-state index in [1.807, 2.05) is 0 Å². The van der Waals surface area contributed by atoms with Gasteiger partial charge in [-0.05, 0) is 32.1 Å². The molecule has 0 fully saturated rings. The second-order valence-electron chi connectivity index (χ2n) is 4.71. The van der Waals surface area contributed by atoms with Crippen molar-refractivity contribution in [3.05, 3.63) is 12.2 Å². The lowest BCUT2D eigenvalue weighted by atomic mass is 10.1. The van der Waals surface area contributed by atoms with Crippen LogP contribution in [0.1, 0.15) is 46.5 Å². The van der Waals surface area contributed by atoms with Gasteiger partial charge in [0.1, 0.15) is 6.61 Å². The summed E-state index contributed by atoms with van der Waals surface area (Å²) in [4.78, 5) is 11.1. The number of rotatable bonds is 9. The van der Waals surface area contributed by atoms with Gasteiger partial charge in [0.25, 0.3) is 0 Å². The summed E-state index contributed by atoms with van der Waals surface area (Å²) in [6, 6.07) is 0. The SMILES string of the molecule is CCCC(C)C=CCCCNC(=O)OCC(C)O. The molecule has 2 atom stereocenters. The Morgan fingerprint density at radius 1 is 1.44 bits per heavy atom. The lowest BCUT2D eigenvalue weighted by Crippen LogP contribution is -2.27. The van der Waals surface area contributed by atoms with Crippen LogP contribution in [0.4, 0.5) is 4.79 Å². The minimum Gasteiger partial charge on any atom is -0.447 e. The molecule has 2 unspecified atom stereocenters. The number of aliphatic hydroxyl groups excluding tert-OH is 1. The summed E-state index contributed by atoms with van der Waals surface area (Å²) in [7, 11) is 0. The first kappa shape index (κ1) is 17.0. The van der Waals surface area contributed by atoms with Crippen LogP contribution < -0.4 is 5.32 Å². The molecule has 106 valence electrons. The number of ether oxygens (including phenoxy) is 1. The first-order valence-electron chi connectivity index (χ1n) is 6.81. The normalized spacial score (nSPS) is 14.4. The van der Waals surface area contributed by atoms with Crippen LogP contribution in [0.2, 0.25) is 0 Å². The fourth-order valence-corrected chi connectivity index (χ4v) is 1.54. The Balaban J connectivity index is 3.42. The van der Waals surface area contributed by atoms with E-state index in [0.717, 1.165) is 12.8 Å². The van der Waals surface area contributed by atoms with Crippen LogP contribution in [0.15, 0.2) is 12.2 Å². The van der Waals surface area contributed by atoms with Gasteiger partial charge in [0.05, 0.1) is 6.10 Å². The highest BCUT2D eigenvalue weighted by Gasteiger charge is 2.02. The van der Waals surface area contributed by atoms with Gasteiger partial charge in [0.15, 0.2) is 0 Å². The van der Waals surface area contributed by atoms with Crippen LogP contribution >= 0.6 is 0 Å². The average Bonchev–Trinajstić information content (AvgIpc) is 2.31. The van der Waals surface area contributed by atoms with Gasteiger partial charge in [-0.15, -0.1) is 0 Å². The highest BCUT2D eigenvalue weighted by Crippen LogP contribution is 2.07. The molecule has 0 saturated carbocycles. The van der Waals surface area contributed by atoms with Crippen LogP contribution in [0.5, 0.6) is 0 Å². The molecule has 4 heteroatoms. The molecule has 1 amide bonds. The van der Waals surface area contributed by atoms with Crippen molar-refractivity contribution in [1.29, 1.82) is 0 Å². The molecule has 0 aromatic heterocycles. The van der Waals surface area contributed by atoms with Crippen LogP contribution in [0.3, 0.4) is 0 Å². The Morgan fingerprint density at radius 2 is 2.17 bits per heavy atom. The Labute approximate surface area is 110 Å². The van der Waals surface area contributed by atoms with E-state index in [1.165, 1.54) is 12.8 Å². The maximum Gasteiger partial charge on any atom is 0.407 e. The zero-order valence-electron chi connectivity index (χ0n) is 11.8. The van der Waals surface area contributed by atoms with E-state index >= 15 is 0 Å². The largest absolute Gasteiger partial charge is 0.447 e. The van der Waals surface area contributed by atoms with E-state index < -0.39 is 12.2 Å². The molecular formula is C14H27NO3. The molecule has 0 aromatic carbocycles. The molecule has 0 radical (unpaired) electrons. The van der Waals surface area contributed by atoms with Gasteiger partial charge in [-0.2, -0.15) is 0 Å². The summed E-state index contributed by atoms with van der Waals surface area (Å²) >= 11 is 0. The van der Waals surface area contributed by atoms with Gasteiger partial charge in [-0.1, -0.05) is 32.4 Å². The van der Waals surface area contributed by atoms with Gasteiger partial charge in [-0.25, -0.2) is 4.79 Å². The first-order valence-corrected chi connectivity index (χ1v) is 6.81. The van der Waals surface area contributed by atoms with Crippen molar-refractivity contribution in [2.75, 3.05) is 13.2 Å².